The number of hydrogen-bond acceptors (Lipinski definition) is 2. The molecule has 1 aromatic rings. The number of rotatable bonds is 4. The molecular weight excluding hydrogens is 243 g/mol. The van der Waals surface area contributed by atoms with E-state index in [1.807, 2.05) is 0 Å². The van der Waals surface area contributed by atoms with Crippen LogP contribution in [0, 0.1) is 5.92 Å². The van der Waals surface area contributed by atoms with Crippen molar-refractivity contribution in [3.63, 3.8) is 0 Å². The van der Waals surface area contributed by atoms with Gasteiger partial charge in [-0.05, 0) is 37.0 Å². The molecule has 0 saturated heterocycles. The van der Waals surface area contributed by atoms with E-state index in [4.69, 9.17) is 5.73 Å². The second kappa shape index (κ2) is 4.80. The molecule has 3 N–H and O–H groups in total. The Morgan fingerprint density at radius 3 is 2.56 bits per heavy atom. The van der Waals surface area contributed by atoms with Crippen LogP contribution in [0.1, 0.15) is 42.9 Å². The van der Waals surface area contributed by atoms with Crippen molar-refractivity contribution < 1.29 is 18.3 Å². The molecule has 100 valence electrons. The van der Waals surface area contributed by atoms with Crippen molar-refractivity contribution in [3.05, 3.63) is 29.3 Å². The quantitative estimate of drug-likeness (QED) is 0.813. The molecule has 2 nitrogen and oxygen atoms in total. The Kier molecular flexibility index (Phi) is 3.52. The minimum absolute atomic E-state index is 0.186. The van der Waals surface area contributed by atoms with Crippen molar-refractivity contribution in [1.29, 1.82) is 0 Å². The van der Waals surface area contributed by atoms with Crippen molar-refractivity contribution in [2.45, 2.75) is 38.0 Å². The molecule has 0 bridgehead atoms. The highest BCUT2D eigenvalue weighted by Gasteiger charge is 2.31. The van der Waals surface area contributed by atoms with Crippen LogP contribution in [0.15, 0.2) is 18.2 Å². The van der Waals surface area contributed by atoms with E-state index in [1.54, 1.807) is 0 Å². The van der Waals surface area contributed by atoms with Crippen molar-refractivity contribution in [2.75, 3.05) is 5.73 Å². The SMILES string of the molecule is Nc1ccc(C(F)(F)F)cc1C(O)CCC1CC1. The van der Waals surface area contributed by atoms with Gasteiger partial charge in [0.25, 0.3) is 0 Å². The number of halogens is 3. The Labute approximate surface area is 104 Å². The molecule has 1 saturated carbocycles. The van der Waals surface area contributed by atoms with E-state index in [-0.39, 0.29) is 11.3 Å². The predicted octanol–water partition coefficient (Wildman–Crippen LogP) is 3.51. The van der Waals surface area contributed by atoms with Crippen LogP contribution in [0.3, 0.4) is 0 Å². The highest BCUT2D eigenvalue weighted by molar-refractivity contribution is 5.50. The maximum Gasteiger partial charge on any atom is 0.416 e. The van der Waals surface area contributed by atoms with Gasteiger partial charge < -0.3 is 10.8 Å². The molecule has 0 amide bonds. The molecule has 1 aromatic carbocycles. The lowest BCUT2D eigenvalue weighted by Gasteiger charge is -2.16. The standard InChI is InChI=1S/C13H16F3NO/c14-13(15,16)9-4-5-11(17)10(7-9)12(18)6-3-8-1-2-8/h4-5,7-8,12,18H,1-3,6,17H2. The van der Waals surface area contributed by atoms with Crippen molar-refractivity contribution in [3.8, 4) is 0 Å². The van der Waals surface area contributed by atoms with E-state index in [0.29, 0.717) is 12.3 Å². The van der Waals surface area contributed by atoms with Crippen LogP contribution < -0.4 is 5.73 Å². The molecule has 1 aliphatic carbocycles. The summed E-state index contributed by atoms with van der Waals surface area (Å²) in [6, 6.07) is 3.10. The molecule has 1 unspecified atom stereocenters. The zero-order valence-corrected chi connectivity index (χ0v) is 9.87. The Morgan fingerprint density at radius 1 is 1.33 bits per heavy atom. The summed E-state index contributed by atoms with van der Waals surface area (Å²) in [4.78, 5) is 0. The van der Waals surface area contributed by atoms with E-state index in [0.717, 1.165) is 31.4 Å². The Morgan fingerprint density at radius 2 is 2.00 bits per heavy atom. The molecular formula is C13H16F3NO. The fraction of sp³-hybridized carbons (Fsp3) is 0.538. The number of anilines is 1. The summed E-state index contributed by atoms with van der Waals surface area (Å²) in [6.07, 6.45) is -1.69. The monoisotopic (exact) mass is 259 g/mol. The number of nitrogens with two attached hydrogens (primary N) is 1. The van der Waals surface area contributed by atoms with E-state index in [2.05, 4.69) is 0 Å². The van der Waals surface area contributed by atoms with Crippen LogP contribution in [-0.2, 0) is 6.18 Å². The Bertz CT molecular complexity index is 427. The first-order valence-electron chi connectivity index (χ1n) is 6.02. The lowest BCUT2D eigenvalue weighted by Crippen LogP contribution is -2.09. The van der Waals surface area contributed by atoms with E-state index >= 15 is 0 Å². The number of aliphatic hydroxyl groups is 1. The zero-order chi connectivity index (χ0) is 13.3. The minimum Gasteiger partial charge on any atom is -0.398 e. The van der Waals surface area contributed by atoms with Crippen LogP contribution >= 0.6 is 0 Å². The van der Waals surface area contributed by atoms with Crippen LogP contribution in [0.5, 0.6) is 0 Å². The second-order valence-corrected chi connectivity index (χ2v) is 4.88. The predicted molar refractivity (Wildman–Crippen MR) is 62.8 cm³/mol. The number of benzene rings is 1. The zero-order valence-electron chi connectivity index (χ0n) is 9.87. The average molecular weight is 259 g/mol. The fourth-order valence-electron chi connectivity index (χ4n) is 2.00. The summed E-state index contributed by atoms with van der Waals surface area (Å²) in [5, 5.41) is 9.92. The molecule has 0 aromatic heterocycles. The molecule has 1 atom stereocenters. The number of hydrogen-bond donors (Lipinski definition) is 2. The van der Waals surface area contributed by atoms with E-state index < -0.39 is 17.8 Å². The maximum atomic E-state index is 12.6. The smallest absolute Gasteiger partial charge is 0.398 e. The van der Waals surface area contributed by atoms with Gasteiger partial charge in [-0.2, -0.15) is 13.2 Å². The van der Waals surface area contributed by atoms with Gasteiger partial charge in [-0.25, -0.2) is 0 Å². The van der Waals surface area contributed by atoms with Gasteiger partial charge >= 0.3 is 6.18 Å². The van der Waals surface area contributed by atoms with E-state index in [1.165, 1.54) is 6.07 Å². The summed E-state index contributed by atoms with van der Waals surface area (Å²) in [5.74, 6) is 0.631. The molecule has 0 aliphatic heterocycles. The Balaban J connectivity index is 2.13. The number of aliphatic hydroxyl groups excluding tert-OH is 1. The summed E-state index contributed by atoms with van der Waals surface area (Å²) in [6.45, 7) is 0. The lowest BCUT2D eigenvalue weighted by molar-refractivity contribution is -0.137. The lowest BCUT2D eigenvalue weighted by atomic mass is 9.99. The van der Waals surface area contributed by atoms with Gasteiger partial charge in [0, 0.05) is 11.3 Å². The van der Waals surface area contributed by atoms with Crippen molar-refractivity contribution >= 4 is 5.69 Å². The van der Waals surface area contributed by atoms with Gasteiger partial charge in [0.15, 0.2) is 0 Å². The number of alkyl halides is 3. The van der Waals surface area contributed by atoms with Crippen LogP contribution in [0.4, 0.5) is 18.9 Å². The van der Waals surface area contributed by atoms with Gasteiger partial charge in [-0.3, -0.25) is 0 Å². The van der Waals surface area contributed by atoms with Gasteiger partial charge in [0.05, 0.1) is 11.7 Å². The Hall–Kier alpha value is -1.23. The molecule has 0 radical (unpaired) electrons. The normalized spacial score (nSPS) is 17.8. The summed E-state index contributed by atoms with van der Waals surface area (Å²) in [5.41, 5.74) is 5.26. The van der Waals surface area contributed by atoms with Gasteiger partial charge in [-0.1, -0.05) is 12.8 Å². The van der Waals surface area contributed by atoms with Gasteiger partial charge in [0.2, 0.25) is 0 Å². The maximum absolute atomic E-state index is 12.6. The number of nitrogen functional groups attached to an aromatic ring is 1. The highest BCUT2D eigenvalue weighted by Crippen LogP contribution is 2.38. The second-order valence-electron chi connectivity index (χ2n) is 4.88. The average Bonchev–Trinajstić information content (AvgIpc) is 3.08. The molecule has 1 aliphatic rings. The minimum atomic E-state index is -4.40. The fourth-order valence-corrected chi connectivity index (χ4v) is 2.00. The molecule has 1 fully saturated rings. The molecule has 0 heterocycles. The van der Waals surface area contributed by atoms with Gasteiger partial charge in [-0.15, -0.1) is 0 Å². The first-order chi connectivity index (χ1) is 8.38. The van der Waals surface area contributed by atoms with Crippen molar-refractivity contribution in [1.82, 2.24) is 0 Å². The first-order valence-corrected chi connectivity index (χ1v) is 6.02. The van der Waals surface area contributed by atoms with Gasteiger partial charge in [0.1, 0.15) is 0 Å². The topological polar surface area (TPSA) is 46.2 Å². The summed E-state index contributed by atoms with van der Waals surface area (Å²) in [7, 11) is 0. The van der Waals surface area contributed by atoms with Crippen LogP contribution in [0.25, 0.3) is 0 Å². The third-order valence-corrected chi connectivity index (χ3v) is 3.32. The largest absolute Gasteiger partial charge is 0.416 e. The highest BCUT2D eigenvalue weighted by atomic mass is 19.4. The molecule has 18 heavy (non-hydrogen) atoms. The van der Waals surface area contributed by atoms with E-state index in [9.17, 15) is 18.3 Å². The third kappa shape index (κ3) is 3.16. The van der Waals surface area contributed by atoms with Crippen LogP contribution in [0.2, 0.25) is 0 Å². The summed E-state index contributed by atoms with van der Waals surface area (Å²) >= 11 is 0. The molecule has 0 spiro atoms. The third-order valence-electron chi connectivity index (χ3n) is 3.32. The molecule has 5 heteroatoms. The molecule has 2 rings (SSSR count). The first kappa shape index (κ1) is 13.2. The van der Waals surface area contributed by atoms with Crippen molar-refractivity contribution in [2.24, 2.45) is 5.92 Å². The van der Waals surface area contributed by atoms with Crippen LogP contribution in [-0.4, -0.2) is 5.11 Å². The summed E-state index contributed by atoms with van der Waals surface area (Å²) < 4.78 is 37.7.